The summed E-state index contributed by atoms with van der Waals surface area (Å²) < 4.78 is 1.72. The Bertz CT molecular complexity index is 1130. The van der Waals surface area contributed by atoms with Crippen LogP contribution in [-0.2, 0) is 6.61 Å². The molecule has 29 heavy (non-hydrogen) atoms. The zero-order valence-corrected chi connectivity index (χ0v) is 16.0. The van der Waals surface area contributed by atoms with Crippen LogP contribution in [0.5, 0.6) is 0 Å². The van der Waals surface area contributed by atoms with Crippen molar-refractivity contribution in [1.82, 2.24) is 9.78 Å². The van der Waals surface area contributed by atoms with Gasteiger partial charge < -0.3 is 10.4 Å². The molecular formula is C24H21N3O2. The van der Waals surface area contributed by atoms with Crippen molar-refractivity contribution in [3.8, 4) is 16.9 Å². The Morgan fingerprint density at radius 1 is 1.00 bits per heavy atom. The molecule has 4 aromatic rings. The minimum Gasteiger partial charge on any atom is -0.392 e. The molecule has 1 aromatic heterocycles. The zero-order chi connectivity index (χ0) is 20.2. The number of aliphatic hydroxyl groups is 1. The van der Waals surface area contributed by atoms with Crippen molar-refractivity contribution in [2.45, 2.75) is 13.5 Å². The number of carbonyl (C=O) groups excluding carboxylic acids is 1. The van der Waals surface area contributed by atoms with Gasteiger partial charge in [0.05, 0.1) is 17.9 Å². The van der Waals surface area contributed by atoms with Gasteiger partial charge in [0, 0.05) is 17.4 Å². The molecule has 0 spiro atoms. The van der Waals surface area contributed by atoms with Crippen molar-refractivity contribution in [2.75, 3.05) is 5.32 Å². The number of aryl methyl sites for hydroxylation is 1. The van der Waals surface area contributed by atoms with Crippen LogP contribution in [-0.4, -0.2) is 20.8 Å². The molecule has 0 unspecified atom stereocenters. The van der Waals surface area contributed by atoms with E-state index in [4.69, 9.17) is 5.10 Å². The predicted octanol–water partition coefficient (Wildman–Crippen LogP) is 4.59. The third kappa shape index (κ3) is 4.10. The Morgan fingerprint density at radius 2 is 1.76 bits per heavy atom. The second kappa shape index (κ2) is 8.12. The molecule has 144 valence electrons. The number of nitrogens with zero attached hydrogens (tertiary/aromatic N) is 2. The minimum absolute atomic E-state index is 0.0791. The molecule has 0 radical (unpaired) electrons. The van der Waals surface area contributed by atoms with E-state index in [2.05, 4.69) is 5.32 Å². The van der Waals surface area contributed by atoms with E-state index in [1.165, 1.54) is 0 Å². The van der Waals surface area contributed by atoms with Crippen LogP contribution < -0.4 is 5.32 Å². The first-order valence-electron chi connectivity index (χ1n) is 9.37. The molecule has 0 aliphatic carbocycles. The third-order valence-electron chi connectivity index (χ3n) is 4.67. The van der Waals surface area contributed by atoms with Gasteiger partial charge in [0.25, 0.3) is 5.91 Å². The average molecular weight is 383 g/mol. The Hall–Kier alpha value is -3.70. The Morgan fingerprint density at radius 3 is 2.48 bits per heavy atom. The van der Waals surface area contributed by atoms with Gasteiger partial charge in [-0.25, -0.2) is 4.68 Å². The molecule has 1 heterocycles. The summed E-state index contributed by atoms with van der Waals surface area (Å²) in [5.74, 6) is -0.252. The fraction of sp³-hybridized carbons (Fsp3) is 0.0833. The summed E-state index contributed by atoms with van der Waals surface area (Å²) in [5, 5.41) is 16.9. The molecule has 3 aromatic carbocycles. The second-order valence-electron chi connectivity index (χ2n) is 6.85. The Balaban J connectivity index is 1.74. The van der Waals surface area contributed by atoms with Gasteiger partial charge in [-0.2, -0.15) is 5.10 Å². The summed E-state index contributed by atoms with van der Waals surface area (Å²) in [6, 6.07) is 24.8. The van der Waals surface area contributed by atoms with Gasteiger partial charge >= 0.3 is 0 Å². The molecule has 4 rings (SSSR count). The van der Waals surface area contributed by atoms with Crippen molar-refractivity contribution in [3.63, 3.8) is 0 Å². The number of rotatable bonds is 5. The predicted molar refractivity (Wildman–Crippen MR) is 114 cm³/mol. The first-order valence-corrected chi connectivity index (χ1v) is 9.37. The van der Waals surface area contributed by atoms with Gasteiger partial charge in [-0.3, -0.25) is 4.79 Å². The molecule has 0 bridgehead atoms. The van der Waals surface area contributed by atoms with Gasteiger partial charge in [0.15, 0.2) is 0 Å². The lowest BCUT2D eigenvalue weighted by Crippen LogP contribution is -2.12. The summed E-state index contributed by atoms with van der Waals surface area (Å²) >= 11 is 0. The standard InChI is InChI=1S/C24H21N3O2/c1-17-10-12-19(13-11-17)23-22(15-27(26-23)21-8-3-2-4-9-21)24(29)25-20-7-5-6-18(14-20)16-28/h2-15,28H,16H2,1H3,(H,25,29). The van der Waals surface area contributed by atoms with Gasteiger partial charge in [-0.05, 0) is 36.8 Å². The van der Waals surface area contributed by atoms with Crippen LogP contribution in [0.4, 0.5) is 5.69 Å². The first-order chi connectivity index (χ1) is 14.1. The lowest BCUT2D eigenvalue weighted by Gasteiger charge is -2.07. The molecule has 0 saturated carbocycles. The van der Waals surface area contributed by atoms with Crippen LogP contribution in [0.25, 0.3) is 16.9 Å². The van der Waals surface area contributed by atoms with Crippen molar-refractivity contribution in [2.24, 2.45) is 0 Å². The van der Waals surface area contributed by atoms with E-state index >= 15 is 0 Å². The highest BCUT2D eigenvalue weighted by Gasteiger charge is 2.19. The third-order valence-corrected chi connectivity index (χ3v) is 4.67. The van der Waals surface area contributed by atoms with Crippen LogP contribution in [0.2, 0.25) is 0 Å². The fourth-order valence-electron chi connectivity index (χ4n) is 3.12. The maximum Gasteiger partial charge on any atom is 0.259 e. The van der Waals surface area contributed by atoms with Crippen LogP contribution in [0.15, 0.2) is 85.1 Å². The largest absolute Gasteiger partial charge is 0.392 e. The molecule has 1 amide bonds. The lowest BCUT2D eigenvalue weighted by molar-refractivity contribution is 0.102. The molecule has 0 saturated heterocycles. The highest BCUT2D eigenvalue weighted by atomic mass is 16.3. The zero-order valence-electron chi connectivity index (χ0n) is 16.0. The number of aliphatic hydroxyl groups excluding tert-OH is 1. The van der Waals surface area contributed by atoms with Crippen LogP contribution in [0, 0.1) is 6.92 Å². The number of amides is 1. The van der Waals surface area contributed by atoms with Gasteiger partial charge in [-0.15, -0.1) is 0 Å². The monoisotopic (exact) mass is 383 g/mol. The lowest BCUT2D eigenvalue weighted by atomic mass is 10.1. The van der Waals surface area contributed by atoms with Crippen molar-refractivity contribution in [3.05, 3.63) is 102 Å². The van der Waals surface area contributed by atoms with E-state index in [1.807, 2.05) is 61.5 Å². The van der Waals surface area contributed by atoms with Crippen LogP contribution >= 0.6 is 0 Å². The number of benzene rings is 3. The molecule has 2 N–H and O–H groups in total. The topological polar surface area (TPSA) is 67.2 Å². The SMILES string of the molecule is Cc1ccc(-c2nn(-c3ccccc3)cc2C(=O)Nc2cccc(CO)c2)cc1. The Kier molecular flexibility index (Phi) is 5.22. The van der Waals surface area contributed by atoms with Crippen LogP contribution in [0.3, 0.4) is 0 Å². The summed E-state index contributed by atoms with van der Waals surface area (Å²) in [6.07, 6.45) is 1.75. The number of aromatic nitrogens is 2. The van der Waals surface area contributed by atoms with Gasteiger partial charge in [0.2, 0.25) is 0 Å². The van der Waals surface area contributed by atoms with E-state index < -0.39 is 0 Å². The van der Waals surface area contributed by atoms with Gasteiger partial charge in [0.1, 0.15) is 5.69 Å². The number of hydrogen-bond donors (Lipinski definition) is 2. The first kappa shape index (κ1) is 18.7. The van der Waals surface area contributed by atoms with E-state index in [0.717, 1.165) is 22.4 Å². The van der Waals surface area contributed by atoms with Crippen molar-refractivity contribution < 1.29 is 9.90 Å². The summed E-state index contributed by atoms with van der Waals surface area (Å²) in [4.78, 5) is 13.1. The van der Waals surface area contributed by atoms with Crippen LogP contribution in [0.1, 0.15) is 21.5 Å². The molecule has 0 fully saturated rings. The normalized spacial score (nSPS) is 10.7. The average Bonchev–Trinajstić information content (AvgIpc) is 3.21. The number of anilines is 1. The molecule has 5 heteroatoms. The van der Waals surface area contributed by atoms with E-state index in [0.29, 0.717) is 16.9 Å². The highest BCUT2D eigenvalue weighted by molar-refractivity contribution is 6.08. The Labute approximate surface area is 169 Å². The molecule has 5 nitrogen and oxygen atoms in total. The van der Waals surface area contributed by atoms with E-state index in [-0.39, 0.29) is 12.5 Å². The maximum atomic E-state index is 13.1. The van der Waals surface area contributed by atoms with E-state index in [1.54, 1.807) is 35.1 Å². The number of carbonyl (C=O) groups is 1. The number of hydrogen-bond acceptors (Lipinski definition) is 3. The highest BCUT2D eigenvalue weighted by Crippen LogP contribution is 2.25. The molecule has 0 aliphatic rings. The smallest absolute Gasteiger partial charge is 0.259 e. The molecule has 0 aliphatic heterocycles. The molecular weight excluding hydrogens is 362 g/mol. The number of nitrogens with one attached hydrogen (secondary N) is 1. The van der Waals surface area contributed by atoms with Gasteiger partial charge in [-0.1, -0.05) is 60.2 Å². The summed E-state index contributed by atoms with van der Waals surface area (Å²) in [7, 11) is 0. The summed E-state index contributed by atoms with van der Waals surface area (Å²) in [5.41, 5.74) is 5.35. The minimum atomic E-state index is -0.252. The fourth-order valence-corrected chi connectivity index (χ4v) is 3.12. The van der Waals surface area contributed by atoms with Crippen molar-refractivity contribution in [1.29, 1.82) is 0 Å². The quantitative estimate of drug-likeness (QED) is 0.530. The van der Waals surface area contributed by atoms with E-state index in [9.17, 15) is 9.90 Å². The number of para-hydroxylation sites is 1. The summed E-state index contributed by atoms with van der Waals surface area (Å²) in [6.45, 7) is 1.94. The maximum absolute atomic E-state index is 13.1. The van der Waals surface area contributed by atoms with Crippen molar-refractivity contribution >= 4 is 11.6 Å². The molecule has 0 atom stereocenters. The second-order valence-corrected chi connectivity index (χ2v) is 6.85.